The molecule has 0 saturated carbocycles. The summed E-state index contributed by atoms with van der Waals surface area (Å²) in [5.41, 5.74) is 1.43. The topological polar surface area (TPSA) is 61.2 Å². The standard InChI is InChI=1S/C27H22N2O3S2/c1-18-26(23(30)12-11-22-15-20-9-5-6-10-24(20)33-22)34-27(28-18)29-14-13-21(16-25(29)31)32-17-19-7-3-2-4-8-19/h2-10,13-16H,11-12,17H2,1H3. The molecule has 0 aliphatic heterocycles. The van der Waals surface area contributed by atoms with Crippen LogP contribution in [0.2, 0.25) is 0 Å². The van der Waals surface area contributed by atoms with Gasteiger partial charge < -0.3 is 4.74 Å². The van der Waals surface area contributed by atoms with E-state index < -0.39 is 0 Å². The maximum Gasteiger partial charge on any atom is 0.260 e. The van der Waals surface area contributed by atoms with Crippen molar-refractivity contribution in [1.82, 2.24) is 9.55 Å². The molecular weight excluding hydrogens is 464 g/mol. The fourth-order valence-corrected chi connectivity index (χ4v) is 5.79. The molecule has 3 aromatic heterocycles. The summed E-state index contributed by atoms with van der Waals surface area (Å²) in [5.74, 6) is 0.549. The largest absolute Gasteiger partial charge is 0.489 e. The van der Waals surface area contributed by atoms with Crippen molar-refractivity contribution in [3.05, 3.63) is 110 Å². The second kappa shape index (κ2) is 9.75. The van der Waals surface area contributed by atoms with E-state index in [0.717, 1.165) is 5.56 Å². The molecule has 5 nitrogen and oxygen atoms in total. The summed E-state index contributed by atoms with van der Waals surface area (Å²) in [5, 5.41) is 1.70. The Bertz CT molecular complexity index is 1480. The third kappa shape index (κ3) is 4.85. The van der Waals surface area contributed by atoms with E-state index in [1.165, 1.54) is 36.9 Å². The van der Waals surface area contributed by atoms with Gasteiger partial charge in [-0.2, -0.15) is 0 Å². The number of nitrogens with zero attached hydrogens (tertiary/aromatic N) is 2. The van der Waals surface area contributed by atoms with E-state index in [1.54, 1.807) is 23.6 Å². The van der Waals surface area contributed by atoms with Crippen molar-refractivity contribution in [1.29, 1.82) is 0 Å². The molecule has 34 heavy (non-hydrogen) atoms. The van der Waals surface area contributed by atoms with E-state index in [4.69, 9.17) is 4.74 Å². The van der Waals surface area contributed by atoms with E-state index in [9.17, 15) is 9.59 Å². The number of ether oxygens (including phenoxy) is 1. The first kappa shape index (κ1) is 22.3. The van der Waals surface area contributed by atoms with Crippen LogP contribution in [0.4, 0.5) is 0 Å². The molecule has 0 amide bonds. The van der Waals surface area contributed by atoms with Crippen LogP contribution in [0.15, 0.2) is 83.8 Å². The minimum atomic E-state index is -0.247. The molecule has 0 bridgehead atoms. The van der Waals surface area contributed by atoms with Gasteiger partial charge in [0.2, 0.25) is 0 Å². The van der Waals surface area contributed by atoms with Crippen LogP contribution in [0.25, 0.3) is 15.2 Å². The first-order valence-corrected chi connectivity index (χ1v) is 12.6. The van der Waals surface area contributed by atoms with Crippen molar-refractivity contribution in [2.75, 3.05) is 0 Å². The average molecular weight is 487 g/mol. The Hall–Kier alpha value is -3.55. The predicted octanol–water partition coefficient (Wildman–Crippen LogP) is 6.21. The van der Waals surface area contributed by atoms with E-state index >= 15 is 0 Å². The predicted molar refractivity (Wildman–Crippen MR) is 138 cm³/mol. The lowest BCUT2D eigenvalue weighted by Crippen LogP contribution is -2.16. The van der Waals surface area contributed by atoms with Crippen LogP contribution in [0, 0.1) is 6.92 Å². The summed E-state index contributed by atoms with van der Waals surface area (Å²) in [6.07, 6.45) is 2.75. The van der Waals surface area contributed by atoms with Crippen LogP contribution in [0.5, 0.6) is 5.75 Å². The molecule has 0 unspecified atom stereocenters. The lowest BCUT2D eigenvalue weighted by Gasteiger charge is -2.07. The van der Waals surface area contributed by atoms with Crippen LogP contribution in [-0.2, 0) is 13.0 Å². The number of thiophene rings is 1. The highest BCUT2D eigenvalue weighted by Crippen LogP contribution is 2.28. The highest BCUT2D eigenvalue weighted by Gasteiger charge is 2.17. The summed E-state index contributed by atoms with van der Waals surface area (Å²) in [4.78, 5) is 31.9. The lowest BCUT2D eigenvalue weighted by molar-refractivity contribution is 0.0986. The summed E-state index contributed by atoms with van der Waals surface area (Å²) >= 11 is 2.98. The number of fused-ring (bicyclic) bond motifs is 1. The number of Topliss-reactive ketones (excluding diaryl/α,β-unsaturated/α-hetero) is 1. The van der Waals surface area contributed by atoms with Gasteiger partial charge in [-0.15, -0.1) is 11.3 Å². The number of aromatic nitrogens is 2. The highest BCUT2D eigenvalue weighted by atomic mass is 32.1. The van der Waals surface area contributed by atoms with Crippen LogP contribution >= 0.6 is 22.7 Å². The smallest absolute Gasteiger partial charge is 0.260 e. The SMILES string of the molecule is Cc1nc(-n2ccc(OCc3ccccc3)cc2=O)sc1C(=O)CCc1cc2ccccc2s1. The molecule has 5 aromatic rings. The van der Waals surface area contributed by atoms with Gasteiger partial charge in [-0.1, -0.05) is 59.9 Å². The number of ketones is 1. The Morgan fingerprint density at radius 1 is 1.00 bits per heavy atom. The molecule has 3 heterocycles. The van der Waals surface area contributed by atoms with E-state index in [1.807, 2.05) is 49.4 Å². The molecule has 0 aliphatic rings. The fourth-order valence-electron chi connectivity index (χ4n) is 3.70. The van der Waals surface area contributed by atoms with Gasteiger partial charge in [0.1, 0.15) is 12.4 Å². The first-order chi connectivity index (χ1) is 16.6. The zero-order valence-corrected chi connectivity index (χ0v) is 20.2. The lowest BCUT2D eigenvalue weighted by atomic mass is 10.1. The Labute approximate surface area is 204 Å². The number of aryl methyl sites for hydroxylation is 2. The van der Waals surface area contributed by atoms with Gasteiger partial charge >= 0.3 is 0 Å². The molecule has 0 saturated heterocycles. The van der Waals surface area contributed by atoms with Gasteiger partial charge in [0, 0.05) is 28.3 Å². The zero-order valence-electron chi connectivity index (χ0n) is 18.6. The summed E-state index contributed by atoms with van der Waals surface area (Å²) in [6.45, 7) is 2.20. The maximum atomic E-state index is 12.9. The quantitative estimate of drug-likeness (QED) is 0.245. The van der Waals surface area contributed by atoms with Crippen molar-refractivity contribution in [2.45, 2.75) is 26.4 Å². The van der Waals surface area contributed by atoms with Crippen molar-refractivity contribution >= 4 is 38.5 Å². The van der Waals surface area contributed by atoms with Gasteiger partial charge in [-0.25, -0.2) is 4.98 Å². The molecule has 170 valence electrons. The first-order valence-electron chi connectivity index (χ1n) is 10.9. The Balaban J connectivity index is 1.27. The molecule has 0 aliphatic carbocycles. The number of thiazole rings is 1. The molecule has 2 aromatic carbocycles. The molecule has 0 fully saturated rings. The number of carbonyl (C=O) groups is 1. The number of rotatable bonds is 8. The van der Waals surface area contributed by atoms with E-state index in [-0.39, 0.29) is 11.3 Å². The van der Waals surface area contributed by atoms with Gasteiger partial charge in [-0.05, 0) is 42.5 Å². The molecule has 0 radical (unpaired) electrons. The second-order valence-electron chi connectivity index (χ2n) is 7.93. The Kier molecular flexibility index (Phi) is 6.38. The third-order valence-electron chi connectivity index (χ3n) is 5.46. The number of benzene rings is 2. The fraction of sp³-hybridized carbons (Fsp3) is 0.148. The minimum absolute atomic E-state index is 0.0505. The monoisotopic (exact) mass is 486 g/mol. The zero-order chi connectivity index (χ0) is 23.5. The van der Waals surface area contributed by atoms with Crippen molar-refractivity contribution in [2.24, 2.45) is 0 Å². The molecule has 0 N–H and O–H groups in total. The van der Waals surface area contributed by atoms with E-state index in [2.05, 4.69) is 23.2 Å². The number of pyridine rings is 1. The van der Waals surface area contributed by atoms with Crippen LogP contribution in [0.1, 0.15) is 32.2 Å². The Morgan fingerprint density at radius 2 is 1.79 bits per heavy atom. The minimum Gasteiger partial charge on any atom is -0.489 e. The summed E-state index contributed by atoms with van der Waals surface area (Å²) in [7, 11) is 0. The van der Waals surface area contributed by atoms with Crippen molar-refractivity contribution < 1.29 is 9.53 Å². The van der Waals surface area contributed by atoms with Gasteiger partial charge in [0.05, 0.1) is 10.6 Å². The van der Waals surface area contributed by atoms with Crippen molar-refractivity contribution in [3.63, 3.8) is 0 Å². The average Bonchev–Trinajstić information content (AvgIpc) is 3.45. The van der Waals surface area contributed by atoms with E-state index in [0.29, 0.717) is 40.9 Å². The summed E-state index contributed by atoms with van der Waals surface area (Å²) in [6, 6.07) is 23.4. The van der Waals surface area contributed by atoms with Gasteiger partial charge in [0.15, 0.2) is 10.9 Å². The van der Waals surface area contributed by atoms with Gasteiger partial charge in [-0.3, -0.25) is 14.2 Å². The van der Waals surface area contributed by atoms with Crippen LogP contribution in [0.3, 0.4) is 0 Å². The summed E-state index contributed by atoms with van der Waals surface area (Å²) < 4.78 is 8.43. The van der Waals surface area contributed by atoms with Crippen LogP contribution < -0.4 is 10.3 Å². The molecular formula is C27H22N2O3S2. The highest BCUT2D eigenvalue weighted by molar-refractivity contribution is 7.19. The molecule has 0 atom stereocenters. The third-order valence-corrected chi connectivity index (χ3v) is 7.83. The van der Waals surface area contributed by atoms with Crippen molar-refractivity contribution in [3.8, 4) is 10.9 Å². The molecule has 7 heteroatoms. The maximum absolute atomic E-state index is 12.9. The second-order valence-corrected chi connectivity index (χ2v) is 10.1. The number of carbonyl (C=O) groups excluding carboxylic acids is 1. The normalized spacial score (nSPS) is 11.1. The molecule has 0 spiro atoms. The number of hydrogen-bond donors (Lipinski definition) is 0. The van der Waals surface area contributed by atoms with Crippen LogP contribution in [-0.4, -0.2) is 15.3 Å². The molecule has 5 rings (SSSR count). The van der Waals surface area contributed by atoms with Gasteiger partial charge in [0.25, 0.3) is 5.56 Å². The number of hydrogen-bond acceptors (Lipinski definition) is 6. The Morgan fingerprint density at radius 3 is 2.59 bits per heavy atom.